The molecule has 0 saturated heterocycles. The number of halogens is 2. The van der Waals surface area contributed by atoms with Crippen LogP contribution in [0.4, 0.5) is 10.1 Å². The Morgan fingerprint density at radius 1 is 1.35 bits per heavy atom. The molecule has 2 rings (SSSR count). The van der Waals surface area contributed by atoms with Crippen molar-refractivity contribution in [3.63, 3.8) is 0 Å². The van der Waals surface area contributed by atoms with Crippen molar-refractivity contribution in [2.75, 3.05) is 0 Å². The molecular formula is C14H11ClFNO3. The summed E-state index contributed by atoms with van der Waals surface area (Å²) in [6.45, 7) is 1.76. The summed E-state index contributed by atoms with van der Waals surface area (Å²) in [6.07, 6.45) is 0. The summed E-state index contributed by atoms with van der Waals surface area (Å²) >= 11 is 5.71. The lowest BCUT2D eigenvalue weighted by molar-refractivity contribution is -0.385. The van der Waals surface area contributed by atoms with Crippen LogP contribution < -0.4 is 4.74 Å². The van der Waals surface area contributed by atoms with Gasteiger partial charge in [-0.05, 0) is 30.2 Å². The Hall–Kier alpha value is -2.14. The van der Waals surface area contributed by atoms with E-state index in [0.717, 1.165) is 17.2 Å². The summed E-state index contributed by atoms with van der Waals surface area (Å²) in [6, 6.07) is 8.70. The number of aryl methyl sites for hydroxylation is 1. The minimum absolute atomic E-state index is 0.348. The van der Waals surface area contributed by atoms with Crippen molar-refractivity contribution in [3.8, 4) is 11.5 Å². The van der Waals surface area contributed by atoms with Gasteiger partial charge < -0.3 is 4.74 Å². The average molecular weight is 296 g/mol. The molecule has 0 bridgehead atoms. The second kappa shape index (κ2) is 5.88. The minimum Gasteiger partial charge on any atom is -0.447 e. The second-order valence-corrected chi connectivity index (χ2v) is 4.45. The van der Waals surface area contributed by atoms with Crippen molar-refractivity contribution >= 4 is 17.3 Å². The number of para-hydroxylation sites is 1. The number of nitrogens with zero attached hydrogens (tertiary/aromatic N) is 1. The molecule has 0 heterocycles. The fourth-order valence-corrected chi connectivity index (χ4v) is 1.93. The maximum atomic E-state index is 13.7. The number of nitro benzene ring substituents is 1. The smallest absolute Gasteiger partial charge is 0.314 e. The highest BCUT2D eigenvalue weighted by Crippen LogP contribution is 2.35. The second-order valence-electron chi connectivity index (χ2n) is 4.18. The van der Waals surface area contributed by atoms with E-state index < -0.39 is 16.4 Å². The first-order valence-corrected chi connectivity index (χ1v) is 6.32. The summed E-state index contributed by atoms with van der Waals surface area (Å²) in [5.41, 5.74) is 1.20. The molecule has 0 aliphatic carbocycles. The Bertz CT molecular complexity index is 661. The molecule has 0 radical (unpaired) electrons. The van der Waals surface area contributed by atoms with Gasteiger partial charge in [-0.15, -0.1) is 11.6 Å². The molecule has 20 heavy (non-hydrogen) atoms. The zero-order valence-corrected chi connectivity index (χ0v) is 11.4. The van der Waals surface area contributed by atoms with E-state index in [2.05, 4.69) is 0 Å². The largest absolute Gasteiger partial charge is 0.447 e. The van der Waals surface area contributed by atoms with Crippen LogP contribution >= 0.6 is 11.6 Å². The molecule has 6 heteroatoms. The normalized spacial score (nSPS) is 10.3. The molecule has 2 aromatic carbocycles. The SMILES string of the molecule is Cc1cc(CCl)ccc1Oc1c(F)cccc1[N+](=O)[O-]. The van der Waals surface area contributed by atoms with Crippen LogP contribution in [-0.2, 0) is 5.88 Å². The van der Waals surface area contributed by atoms with Gasteiger partial charge in [0.1, 0.15) is 5.75 Å². The summed E-state index contributed by atoms with van der Waals surface area (Å²) in [7, 11) is 0. The predicted molar refractivity (Wildman–Crippen MR) is 73.9 cm³/mol. The number of rotatable bonds is 4. The highest BCUT2D eigenvalue weighted by Gasteiger charge is 2.20. The van der Waals surface area contributed by atoms with Crippen LogP contribution in [0.5, 0.6) is 11.5 Å². The molecule has 0 spiro atoms. The third kappa shape index (κ3) is 2.88. The van der Waals surface area contributed by atoms with Crippen molar-refractivity contribution < 1.29 is 14.1 Å². The number of nitro groups is 1. The Morgan fingerprint density at radius 2 is 2.10 bits per heavy atom. The molecule has 0 amide bonds. The van der Waals surface area contributed by atoms with Gasteiger partial charge in [-0.3, -0.25) is 10.1 Å². The van der Waals surface area contributed by atoms with Crippen molar-refractivity contribution in [2.45, 2.75) is 12.8 Å². The summed E-state index contributed by atoms with van der Waals surface area (Å²) < 4.78 is 19.1. The predicted octanol–water partition coefficient (Wildman–Crippen LogP) is 4.57. The number of ether oxygens (including phenoxy) is 1. The fraction of sp³-hybridized carbons (Fsp3) is 0.143. The van der Waals surface area contributed by atoms with Crippen LogP contribution in [0.15, 0.2) is 36.4 Å². The monoisotopic (exact) mass is 295 g/mol. The number of alkyl halides is 1. The summed E-state index contributed by atoms with van der Waals surface area (Å²) in [5, 5.41) is 10.9. The van der Waals surface area contributed by atoms with Crippen molar-refractivity contribution in [3.05, 3.63) is 63.5 Å². The molecule has 0 aromatic heterocycles. The number of benzene rings is 2. The van der Waals surface area contributed by atoms with Gasteiger partial charge in [0.25, 0.3) is 0 Å². The van der Waals surface area contributed by atoms with Crippen LogP contribution in [-0.4, -0.2) is 4.92 Å². The Morgan fingerprint density at radius 3 is 2.70 bits per heavy atom. The lowest BCUT2D eigenvalue weighted by atomic mass is 10.1. The maximum absolute atomic E-state index is 13.7. The van der Waals surface area contributed by atoms with E-state index in [1.54, 1.807) is 25.1 Å². The molecule has 2 aromatic rings. The highest BCUT2D eigenvalue weighted by atomic mass is 35.5. The molecule has 0 unspecified atom stereocenters. The third-order valence-electron chi connectivity index (χ3n) is 2.75. The van der Waals surface area contributed by atoms with Gasteiger partial charge >= 0.3 is 5.69 Å². The van der Waals surface area contributed by atoms with Gasteiger partial charge in [0.05, 0.1) is 4.92 Å². The molecule has 0 aliphatic rings. The van der Waals surface area contributed by atoms with Crippen molar-refractivity contribution in [2.24, 2.45) is 0 Å². The van der Waals surface area contributed by atoms with Gasteiger partial charge in [-0.25, -0.2) is 4.39 Å². The van der Waals surface area contributed by atoms with Gasteiger partial charge in [0.2, 0.25) is 5.75 Å². The first kappa shape index (κ1) is 14.3. The van der Waals surface area contributed by atoms with Crippen LogP contribution in [0, 0.1) is 22.9 Å². The highest BCUT2D eigenvalue weighted by molar-refractivity contribution is 6.17. The Labute approximate surface area is 119 Å². The zero-order chi connectivity index (χ0) is 14.7. The molecule has 0 atom stereocenters. The molecule has 0 saturated carbocycles. The number of hydrogen-bond acceptors (Lipinski definition) is 3. The molecule has 0 fully saturated rings. The van der Waals surface area contributed by atoms with Crippen LogP contribution in [0.2, 0.25) is 0 Å². The molecule has 0 aliphatic heterocycles. The van der Waals surface area contributed by atoms with E-state index >= 15 is 0 Å². The molecular weight excluding hydrogens is 285 g/mol. The number of hydrogen-bond donors (Lipinski definition) is 0. The first-order valence-electron chi connectivity index (χ1n) is 5.79. The third-order valence-corrected chi connectivity index (χ3v) is 3.06. The molecule has 0 N–H and O–H groups in total. The molecule has 104 valence electrons. The maximum Gasteiger partial charge on any atom is 0.314 e. The van der Waals surface area contributed by atoms with Crippen LogP contribution in [0.3, 0.4) is 0 Å². The Balaban J connectivity index is 2.42. The van der Waals surface area contributed by atoms with Crippen molar-refractivity contribution in [1.82, 2.24) is 0 Å². The Kier molecular flexibility index (Phi) is 4.20. The molecule has 4 nitrogen and oxygen atoms in total. The van der Waals surface area contributed by atoms with Gasteiger partial charge in [0.15, 0.2) is 5.82 Å². The van der Waals surface area contributed by atoms with Crippen molar-refractivity contribution in [1.29, 1.82) is 0 Å². The fourth-order valence-electron chi connectivity index (χ4n) is 1.76. The summed E-state index contributed by atoms with van der Waals surface area (Å²) in [4.78, 5) is 10.2. The lowest BCUT2D eigenvalue weighted by Crippen LogP contribution is -1.97. The average Bonchev–Trinajstić information content (AvgIpc) is 2.42. The lowest BCUT2D eigenvalue weighted by Gasteiger charge is -2.10. The topological polar surface area (TPSA) is 52.4 Å². The first-order chi connectivity index (χ1) is 9.52. The van der Waals surface area contributed by atoms with E-state index in [0.29, 0.717) is 11.6 Å². The van der Waals surface area contributed by atoms with E-state index in [1.165, 1.54) is 12.1 Å². The zero-order valence-electron chi connectivity index (χ0n) is 10.6. The van der Waals surface area contributed by atoms with Gasteiger partial charge in [0, 0.05) is 11.9 Å². The standard InChI is InChI=1S/C14H11ClFNO3/c1-9-7-10(8-15)5-6-13(9)20-14-11(16)3-2-4-12(14)17(18)19/h2-7H,8H2,1H3. The van der Waals surface area contributed by atoms with Gasteiger partial charge in [-0.2, -0.15) is 0 Å². The summed E-state index contributed by atoms with van der Waals surface area (Å²) in [5.74, 6) is -0.465. The minimum atomic E-state index is -0.778. The van der Waals surface area contributed by atoms with Gasteiger partial charge in [-0.1, -0.05) is 18.2 Å². The van der Waals surface area contributed by atoms with E-state index in [1.807, 2.05) is 0 Å². The van der Waals surface area contributed by atoms with E-state index in [-0.39, 0.29) is 5.75 Å². The van der Waals surface area contributed by atoms with E-state index in [9.17, 15) is 14.5 Å². The van der Waals surface area contributed by atoms with E-state index in [4.69, 9.17) is 16.3 Å². The van der Waals surface area contributed by atoms with Crippen LogP contribution in [0.1, 0.15) is 11.1 Å². The quantitative estimate of drug-likeness (QED) is 0.471. The van der Waals surface area contributed by atoms with Crippen LogP contribution in [0.25, 0.3) is 0 Å².